The number of hydrogen-bond acceptors (Lipinski definition) is 4. The van der Waals surface area contributed by atoms with E-state index in [9.17, 15) is 14.9 Å². The number of carbonyl (C=O) groups excluding carboxylic acids is 1. The molecule has 3 aliphatic rings. The van der Waals surface area contributed by atoms with Crippen molar-refractivity contribution in [3.05, 3.63) is 52.1 Å². The van der Waals surface area contributed by atoms with Gasteiger partial charge in [0.05, 0.1) is 10.5 Å². The summed E-state index contributed by atoms with van der Waals surface area (Å²) in [4.78, 5) is 22.7. The molecule has 0 saturated heterocycles. The maximum Gasteiger partial charge on any atom is 0.338 e. The molecular weight excluding hydrogens is 306 g/mol. The zero-order valence-corrected chi connectivity index (χ0v) is 13.6. The molecule has 2 saturated carbocycles. The van der Waals surface area contributed by atoms with Crippen molar-refractivity contribution in [1.82, 2.24) is 0 Å². The lowest BCUT2D eigenvalue weighted by molar-refractivity contribution is -0.384. The van der Waals surface area contributed by atoms with Crippen LogP contribution in [0.5, 0.6) is 0 Å². The molecule has 0 spiro atoms. The number of nitro benzene ring substituents is 1. The van der Waals surface area contributed by atoms with Crippen molar-refractivity contribution < 1.29 is 14.5 Å². The van der Waals surface area contributed by atoms with E-state index in [1.807, 2.05) is 0 Å². The van der Waals surface area contributed by atoms with Crippen LogP contribution in [0.4, 0.5) is 5.69 Å². The number of non-ortho nitro benzene ring substituents is 1. The van der Waals surface area contributed by atoms with Crippen molar-refractivity contribution in [2.75, 3.05) is 0 Å². The van der Waals surface area contributed by atoms with Gasteiger partial charge in [0.2, 0.25) is 0 Å². The van der Waals surface area contributed by atoms with E-state index >= 15 is 0 Å². The minimum absolute atomic E-state index is 0.0162. The Bertz CT molecular complexity index is 711. The lowest BCUT2D eigenvalue weighted by Gasteiger charge is -2.67. The van der Waals surface area contributed by atoms with Gasteiger partial charge in [-0.3, -0.25) is 10.1 Å². The van der Waals surface area contributed by atoms with Crippen LogP contribution in [0.2, 0.25) is 0 Å². The molecule has 2 fully saturated rings. The molecule has 1 aromatic carbocycles. The first kappa shape index (κ1) is 15.4. The van der Waals surface area contributed by atoms with Gasteiger partial charge < -0.3 is 4.74 Å². The molecule has 4 rings (SSSR count). The first-order valence-electron chi connectivity index (χ1n) is 8.67. The van der Waals surface area contributed by atoms with Crippen molar-refractivity contribution in [3.63, 3.8) is 0 Å². The number of nitrogens with zero attached hydrogens (tertiary/aromatic N) is 1. The van der Waals surface area contributed by atoms with Crippen molar-refractivity contribution in [2.45, 2.75) is 51.0 Å². The van der Waals surface area contributed by atoms with E-state index in [0.717, 1.165) is 25.7 Å². The topological polar surface area (TPSA) is 69.4 Å². The molecule has 5 nitrogen and oxygen atoms in total. The Morgan fingerprint density at radius 1 is 1.12 bits per heavy atom. The highest BCUT2D eigenvalue weighted by molar-refractivity contribution is 5.89. The maximum atomic E-state index is 12.5. The second-order valence-electron chi connectivity index (χ2n) is 7.43. The number of allylic oxidation sites excluding steroid dienone is 2. The van der Waals surface area contributed by atoms with Gasteiger partial charge in [0.15, 0.2) is 0 Å². The van der Waals surface area contributed by atoms with Gasteiger partial charge in [-0.2, -0.15) is 0 Å². The van der Waals surface area contributed by atoms with E-state index in [4.69, 9.17) is 4.74 Å². The zero-order chi connectivity index (χ0) is 16.8. The van der Waals surface area contributed by atoms with Gasteiger partial charge >= 0.3 is 5.97 Å². The largest absolute Gasteiger partial charge is 0.458 e. The van der Waals surface area contributed by atoms with Crippen LogP contribution in [-0.2, 0) is 4.74 Å². The fourth-order valence-corrected chi connectivity index (χ4v) is 5.16. The second kappa shape index (κ2) is 5.43. The summed E-state index contributed by atoms with van der Waals surface area (Å²) in [6, 6.07) is 5.66. The van der Waals surface area contributed by atoms with Gasteiger partial charge in [-0.15, -0.1) is 0 Å². The predicted octanol–water partition coefficient (Wildman–Crippen LogP) is 4.42. The van der Waals surface area contributed by atoms with Crippen LogP contribution in [0.1, 0.15) is 55.3 Å². The van der Waals surface area contributed by atoms with Crippen molar-refractivity contribution in [3.8, 4) is 0 Å². The third-order valence-corrected chi connectivity index (χ3v) is 6.50. The standard InChI is InChI=1S/C19H21NO4/c21-17(14-5-7-15(8-6-14)20(22)23)24-16-13-18-9-1-3-11-19(16,18)12-4-2-10-18/h1,3,5-8,16H,2,4,9-13H2/t16-,18-,19+/m0/s1. The monoisotopic (exact) mass is 327 g/mol. The molecule has 0 radical (unpaired) electrons. The Kier molecular flexibility index (Phi) is 3.48. The van der Waals surface area contributed by atoms with Crippen LogP contribution in [0, 0.1) is 20.9 Å². The van der Waals surface area contributed by atoms with Gasteiger partial charge in [-0.05, 0) is 49.7 Å². The van der Waals surface area contributed by atoms with Crippen LogP contribution in [0.3, 0.4) is 0 Å². The Morgan fingerprint density at radius 2 is 1.83 bits per heavy atom. The number of ether oxygens (including phenoxy) is 1. The summed E-state index contributed by atoms with van der Waals surface area (Å²) in [6.07, 6.45) is 12.4. The minimum Gasteiger partial charge on any atom is -0.458 e. The maximum absolute atomic E-state index is 12.5. The van der Waals surface area contributed by atoms with E-state index in [0.29, 0.717) is 11.0 Å². The molecule has 0 amide bonds. The van der Waals surface area contributed by atoms with E-state index < -0.39 is 4.92 Å². The summed E-state index contributed by atoms with van der Waals surface area (Å²) in [5.74, 6) is -0.363. The molecule has 5 heteroatoms. The van der Waals surface area contributed by atoms with E-state index in [-0.39, 0.29) is 23.2 Å². The van der Waals surface area contributed by atoms with Crippen LogP contribution in [0.15, 0.2) is 36.4 Å². The molecular formula is C19H21NO4. The van der Waals surface area contributed by atoms with Gasteiger partial charge in [0.25, 0.3) is 5.69 Å². The molecule has 24 heavy (non-hydrogen) atoms. The lowest BCUT2D eigenvalue weighted by atomic mass is 9.39. The molecule has 3 atom stereocenters. The smallest absolute Gasteiger partial charge is 0.338 e. The minimum atomic E-state index is -0.468. The molecule has 1 aromatic rings. The summed E-state index contributed by atoms with van der Waals surface area (Å²) in [7, 11) is 0. The molecule has 126 valence electrons. The van der Waals surface area contributed by atoms with E-state index in [2.05, 4.69) is 12.2 Å². The van der Waals surface area contributed by atoms with Gasteiger partial charge in [-0.25, -0.2) is 4.79 Å². The van der Waals surface area contributed by atoms with Gasteiger partial charge in [-0.1, -0.05) is 25.0 Å². The summed E-state index contributed by atoms with van der Waals surface area (Å²) >= 11 is 0. The number of esters is 1. The Balaban J connectivity index is 1.50. The van der Waals surface area contributed by atoms with Crippen LogP contribution >= 0.6 is 0 Å². The highest BCUT2D eigenvalue weighted by Crippen LogP contribution is 2.70. The number of rotatable bonds is 3. The van der Waals surface area contributed by atoms with Crippen LogP contribution in [0.25, 0.3) is 0 Å². The quantitative estimate of drug-likeness (QED) is 0.356. The molecule has 0 unspecified atom stereocenters. The fraction of sp³-hybridized carbons (Fsp3) is 0.526. The number of hydrogen-bond donors (Lipinski definition) is 0. The summed E-state index contributed by atoms with van der Waals surface area (Å²) in [6.45, 7) is 0. The molecule has 0 aromatic heterocycles. The van der Waals surface area contributed by atoms with Crippen molar-refractivity contribution >= 4 is 11.7 Å². The summed E-state index contributed by atoms with van der Waals surface area (Å²) in [5.41, 5.74) is 0.825. The fourth-order valence-electron chi connectivity index (χ4n) is 5.16. The average molecular weight is 327 g/mol. The van der Waals surface area contributed by atoms with E-state index in [1.54, 1.807) is 0 Å². The third-order valence-electron chi connectivity index (χ3n) is 6.50. The predicted molar refractivity (Wildman–Crippen MR) is 88.6 cm³/mol. The SMILES string of the molecule is O=C(O[C@H]1C[C@@]23CC=CC[C@@]12CCCC3)c1ccc([N+](=O)[O-])cc1. The molecule has 0 bridgehead atoms. The zero-order valence-electron chi connectivity index (χ0n) is 13.6. The number of nitro groups is 1. The Hall–Kier alpha value is -2.17. The summed E-state index contributed by atoms with van der Waals surface area (Å²) < 4.78 is 5.85. The molecule has 0 aliphatic heterocycles. The third kappa shape index (κ3) is 2.10. The summed E-state index contributed by atoms with van der Waals surface area (Å²) in [5, 5.41) is 10.7. The van der Waals surface area contributed by atoms with E-state index in [1.165, 1.54) is 43.5 Å². The number of carbonyl (C=O) groups is 1. The molecule has 3 aliphatic carbocycles. The second-order valence-corrected chi connectivity index (χ2v) is 7.43. The van der Waals surface area contributed by atoms with Crippen molar-refractivity contribution in [2.24, 2.45) is 10.8 Å². The van der Waals surface area contributed by atoms with Crippen LogP contribution < -0.4 is 0 Å². The highest BCUT2D eigenvalue weighted by Gasteiger charge is 2.66. The number of benzene rings is 1. The first-order chi connectivity index (χ1) is 11.6. The molecule has 0 N–H and O–H groups in total. The molecule has 0 heterocycles. The lowest BCUT2D eigenvalue weighted by Crippen LogP contribution is -2.64. The van der Waals surface area contributed by atoms with Crippen molar-refractivity contribution in [1.29, 1.82) is 0 Å². The Labute approximate surface area is 140 Å². The Morgan fingerprint density at radius 3 is 2.58 bits per heavy atom. The normalized spacial score (nSPS) is 33.8. The first-order valence-corrected chi connectivity index (χ1v) is 8.67. The highest BCUT2D eigenvalue weighted by atomic mass is 16.6. The van der Waals surface area contributed by atoms with Gasteiger partial charge in [0.1, 0.15) is 6.10 Å². The van der Waals surface area contributed by atoms with Crippen LogP contribution in [-0.4, -0.2) is 17.0 Å². The average Bonchev–Trinajstić information content (AvgIpc) is 2.59. The van der Waals surface area contributed by atoms with Gasteiger partial charge in [0, 0.05) is 17.5 Å².